The lowest BCUT2D eigenvalue weighted by molar-refractivity contribution is -0.148. The summed E-state index contributed by atoms with van der Waals surface area (Å²) in [4.78, 5) is 23.9. The molecule has 0 radical (unpaired) electrons. The maximum absolute atomic E-state index is 12.3. The molecule has 0 aromatic heterocycles. The van der Waals surface area contributed by atoms with E-state index in [4.69, 9.17) is 4.74 Å². The Labute approximate surface area is 117 Å². The van der Waals surface area contributed by atoms with Crippen LogP contribution in [0.3, 0.4) is 0 Å². The zero-order chi connectivity index (χ0) is 14.8. The van der Waals surface area contributed by atoms with Crippen LogP contribution in [-0.4, -0.2) is 29.7 Å². The summed E-state index contributed by atoms with van der Waals surface area (Å²) in [5, 5.41) is 12.2. The molecule has 5 nitrogen and oxygen atoms in total. The molecule has 2 rings (SSSR count). The number of aliphatic carboxylic acids is 1. The van der Waals surface area contributed by atoms with Gasteiger partial charge >= 0.3 is 5.97 Å². The number of carbonyl (C=O) groups excluding carboxylic acids is 1. The number of nitrogens with one attached hydrogen (secondary N) is 1. The highest BCUT2D eigenvalue weighted by molar-refractivity contribution is 5.89. The smallest absolute Gasteiger partial charge is 0.333 e. The lowest BCUT2D eigenvalue weighted by Gasteiger charge is -2.28. The Morgan fingerprint density at radius 3 is 2.50 bits per heavy atom. The lowest BCUT2D eigenvalue weighted by atomic mass is 9.90. The average Bonchev–Trinajstić information content (AvgIpc) is 2.85. The zero-order valence-electron chi connectivity index (χ0n) is 11.6. The Hall–Kier alpha value is -1.88. The van der Waals surface area contributed by atoms with Crippen molar-refractivity contribution < 1.29 is 19.4 Å². The number of hydrogen-bond donors (Lipinski definition) is 2. The quantitative estimate of drug-likeness (QED) is 0.875. The fourth-order valence-corrected chi connectivity index (χ4v) is 2.44. The maximum atomic E-state index is 12.3. The predicted octanol–water partition coefficient (Wildman–Crippen LogP) is 1.53. The van der Waals surface area contributed by atoms with Crippen molar-refractivity contribution in [1.82, 2.24) is 5.32 Å². The number of carboxylic acids is 1. The van der Waals surface area contributed by atoms with E-state index in [1.807, 2.05) is 6.92 Å². The fourth-order valence-electron chi connectivity index (χ4n) is 2.44. The summed E-state index contributed by atoms with van der Waals surface area (Å²) < 4.78 is 5.36. The van der Waals surface area contributed by atoms with Gasteiger partial charge in [-0.1, -0.05) is 30.3 Å². The van der Waals surface area contributed by atoms with E-state index in [-0.39, 0.29) is 17.9 Å². The van der Waals surface area contributed by atoms with Crippen LogP contribution in [0.4, 0.5) is 0 Å². The largest absolute Gasteiger partial charge is 0.479 e. The highest BCUT2D eigenvalue weighted by Gasteiger charge is 2.40. The SMILES string of the molecule is CC1OCCC1C(=O)NC(C)(C(=O)O)c1ccccc1. The molecule has 3 atom stereocenters. The Morgan fingerprint density at radius 2 is 2.00 bits per heavy atom. The molecular formula is C15H19NO4. The van der Waals surface area contributed by atoms with Gasteiger partial charge in [0, 0.05) is 6.61 Å². The molecule has 1 fully saturated rings. The monoisotopic (exact) mass is 277 g/mol. The van der Waals surface area contributed by atoms with E-state index in [2.05, 4.69) is 5.32 Å². The van der Waals surface area contributed by atoms with Gasteiger partial charge in [-0.2, -0.15) is 0 Å². The van der Waals surface area contributed by atoms with Crippen LogP contribution in [-0.2, 0) is 19.9 Å². The van der Waals surface area contributed by atoms with E-state index in [1.165, 1.54) is 6.92 Å². The molecule has 0 aliphatic carbocycles. The number of carbonyl (C=O) groups is 2. The standard InChI is InChI=1S/C15H19NO4/c1-10-12(8-9-20-10)13(17)16-15(2,14(18)19)11-6-4-3-5-7-11/h3-7,10,12H,8-9H2,1-2H3,(H,16,17)(H,18,19). The molecule has 1 aliphatic rings. The van der Waals surface area contributed by atoms with Crippen molar-refractivity contribution in [3.05, 3.63) is 35.9 Å². The second kappa shape index (κ2) is 5.63. The number of rotatable bonds is 4. The Balaban J connectivity index is 2.22. The summed E-state index contributed by atoms with van der Waals surface area (Å²) in [6, 6.07) is 8.71. The third-order valence-corrected chi connectivity index (χ3v) is 3.87. The number of amides is 1. The Morgan fingerprint density at radius 1 is 1.35 bits per heavy atom. The molecule has 2 N–H and O–H groups in total. The summed E-state index contributed by atoms with van der Waals surface area (Å²) in [6.45, 7) is 3.87. The molecule has 1 saturated heterocycles. The minimum absolute atomic E-state index is 0.177. The van der Waals surface area contributed by atoms with Crippen LogP contribution < -0.4 is 5.32 Å². The first-order chi connectivity index (χ1) is 9.45. The predicted molar refractivity (Wildman–Crippen MR) is 73.1 cm³/mol. The molecular weight excluding hydrogens is 258 g/mol. The van der Waals surface area contributed by atoms with Gasteiger partial charge in [0.15, 0.2) is 5.54 Å². The second-order valence-electron chi connectivity index (χ2n) is 5.26. The van der Waals surface area contributed by atoms with E-state index >= 15 is 0 Å². The topological polar surface area (TPSA) is 75.6 Å². The molecule has 0 bridgehead atoms. The van der Waals surface area contributed by atoms with Gasteiger partial charge in [0.2, 0.25) is 5.91 Å². The van der Waals surface area contributed by atoms with Crippen molar-refractivity contribution in [2.45, 2.75) is 31.9 Å². The molecule has 1 aromatic carbocycles. The van der Waals surface area contributed by atoms with E-state index < -0.39 is 11.5 Å². The van der Waals surface area contributed by atoms with Crippen LogP contribution in [0.1, 0.15) is 25.8 Å². The third-order valence-electron chi connectivity index (χ3n) is 3.87. The van der Waals surface area contributed by atoms with Crippen LogP contribution in [0.15, 0.2) is 30.3 Å². The minimum atomic E-state index is -1.43. The minimum Gasteiger partial charge on any atom is -0.479 e. The Kier molecular flexibility index (Phi) is 4.09. The van der Waals surface area contributed by atoms with Crippen LogP contribution >= 0.6 is 0 Å². The molecule has 108 valence electrons. The summed E-state index contributed by atoms with van der Waals surface area (Å²) in [5.41, 5.74) is -0.881. The molecule has 1 amide bonds. The molecule has 0 saturated carbocycles. The van der Waals surface area contributed by atoms with Gasteiger partial charge in [0.1, 0.15) is 0 Å². The maximum Gasteiger partial charge on any atom is 0.333 e. The molecule has 3 unspecified atom stereocenters. The van der Waals surface area contributed by atoms with Crippen molar-refractivity contribution in [3.8, 4) is 0 Å². The first-order valence-corrected chi connectivity index (χ1v) is 6.67. The summed E-state index contributed by atoms with van der Waals surface area (Å²) >= 11 is 0. The van der Waals surface area contributed by atoms with Crippen molar-refractivity contribution in [1.29, 1.82) is 0 Å². The van der Waals surface area contributed by atoms with Crippen LogP contribution in [0.25, 0.3) is 0 Å². The van der Waals surface area contributed by atoms with Crippen molar-refractivity contribution in [2.75, 3.05) is 6.61 Å². The summed E-state index contributed by atoms with van der Waals surface area (Å²) in [6.07, 6.45) is 0.445. The number of hydrogen-bond acceptors (Lipinski definition) is 3. The molecule has 0 spiro atoms. The number of benzene rings is 1. The van der Waals surface area contributed by atoms with Crippen molar-refractivity contribution >= 4 is 11.9 Å². The summed E-state index contributed by atoms with van der Waals surface area (Å²) in [5.74, 6) is -1.65. The fraction of sp³-hybridized carbons (Fsp3) is 0.467. The average molecular weight is 277 g/mol. The molecule has 5 heteroatoms. The first-order valence-electron chi connectivity index (χ1n) is 6.67. The van der Waals surface area contributed by atoms with E-state index in [0.717, 1.165) is 0 Å². The van der Waals surface area contributed by atoms with Gasteiger partial charge in [-0.15, -0.1) is 0 Å². The number of ether oxygens (including phenoxy) is 1. The van der Waals surface area contributed by atoms with Crippen LogP contribution in [0, 0.1) is 5.92 Å². The normalized spacial score (nSPS) is 24.9. The third kappa shape index (κ3) is 2.67. The van der Waals surface area contributed by atoms with E-state index in [0.29, 0.717) is 18.6 Å². The van der Waals surface area contributed by atoms with Gasteiger partial charge in [-0.3, -0.25) is 4.79 Å². The van der Waals surface area contributed by atoms with Crippen molar-refractivity contribution in [2.24, 2.45) is 5.92 Å². The van der Waals surface area contributed by atoms with Crippen LogP contribution in [0.2, 0.25) is 0 Å². The highest BCUT2D eigenvalue weighted by Crippen LogP contribution is 2.25. The van der Waals surface area contributed by atoms with E-state index in [1.54, 1.807) is 30.3 Å². The molecule has 1 heterocycles. The zero-order valence-corrected chi connectivity index (χ0v) is 11.6. The van der Waals surface area contributed by atoms with Gasteiger partial charge in [0.05, 0.1) is 12.0 Å². The van der Waals surface area contributed by atoms with Crippen molar-refractivity contribution in [3.63, 3.8) is 0 Å². The van der Waals surface area contributed by atoms with Crippen LogP contribution in [0.5, 0.6) is 0 Å². The summed E-state index contributed by atoms with van der Waals surface area (Å²) in [7, 11) is 0. The van der Waals surface area contributed by atoms with Gasteiger partial charge in [-0.25, -0.2) is 4.79 Å². The number of carboxylic acid groups (broad SMARTS) is 1. The molecule has 1 aliphatic heterocycles. The lowest BCUT2D eigenvalue weighted by Crippen LogP contribution is -2.52. The molecule has 20 heavy (non-hydrogen) atoms. The highest BCUT2D eigenvalue weighted by atomic mass is 16.5. The molecule has 1 aromatic rings. The first kappa shape index (κ1) is 14.5. The van der Waals surface area contributed by atoms with E-state index in [9.17, 15) is 14.7 Å². The van der Waals surface area contributed by atoms with Gasteiger partial charge < -0.3 is 15.2 Å². The second-order valence-corrected chi connectivity index (χ2v) is 5.26. The Bertz CT molecular complexity index is 502. The van der Waals surface area contributed by atoms with Gasteiger partial charge in [0.25, 0.3) is 0 Å². The van der Waals surface area contributed by atoms with Gasteiger partial charge in [-0.05, 0) is 25.8 Å².